The quantitative estimate of drug-likeness (QED) is 0.0410. The van der Waals surface area contributed by atoms with Gasteiger partial charge < -0.3 is 19.5 Å². The SMILES string of the molecule is C=C(C)C(=O)OCCCS(=O)(=O)O.C=C(C)C(=O)OCCS(=O)(=O)O.C=CC(=O)NC(C)(C)CS(=O)(=O)O.C=CC(=O)OCCCS(=O)(=O)O. The fourth-order valence-electron chi connectivity index (χ4n) is 2.24. The van der Waals surface area contributed by atoms with Crippen LogP contribution >= 0.6 is 0 Å². The second-order valence-electron chi connectivity index (χ2n) is 10.1. The molecule has 0 aliphatic carbocycles. The Kier molecular flexibility index (Phi) is 27.1. The highest BCUT2D eigenvalue weighted by molar-refractivity contribution is 7.86. The molecule has 0 fully saturated rings. The first kappa shape index (κ1) is 53.3. The van der Waals surface area contributed by atoms with Gasteiger partial charge in [-0.2, -0.15) is 33.7 Å². The Hall–Kier alpha value is -3.52. The number of esters is 3. The predicted octanol–water partition coefficient (Wildman–Crippen LogP) is 0.326. The van der Waals surface area contributed by atoms with E-state index in [0.717, 1.165) is 12.2 Å². The molecule has 24 heteroatoms. The Balaban J connectivity index is -0.000000282. The number of nitrogens with one attached hydrogen (secondary N) is 1. The molecule has 0 saturated heterocycles. The summed E-state index contributed by atoms with van der Waals surface area (Å²) < 4.78 is 129. The van der Waals surface area contributed by atoms with E-state index in [4.69, 9.17) is 18.2 Å². The third kappa shape index (κ3) is 46.6. The Morgan fingerprint density at radius 3 is 1.28 bits per heavy atom. The van der Waals surface area contributed by atoms with E-state index in [1.54, 1.807) is 0 Å². The van der Waals surface area contributed by atoms with Crippen LogP contribution in [0.2, 0.25) is 0 Å². The molecule has 0 aliphatic heterocycles. The fourth-order valence-corrected chi connectivity index (χ4v) is 4.49. The minimum atomic E-state index is -4.08. The second-order valence-corrected chi connectivity index (χ2v) is 16.2. The van der Waals surface area contributed by atoms with Crippen LogP contribution in [-0.2, 0) is 73.9 Å². The van der Waals surface area contributed by atoms with Crippen LogP contribution in [-0.4, -0.2) is 124 Å². The Bertz CT molecular complexity index is 1610. The lowest BCUT2D eigenvalue weighted by Crippen LogP contribution is -2.47. The molecule has 0 unspecified atom stereocenters. The molecule has 0 saturated carbocycles. The van der Waals surface area contributed by atoms with Gasteiger partial charge in [0.05, 0.1) is 36.0 Å². The zero-order valence-electron chi connectivity index (χ0n) is 27.9. The maximum Gasteiger partial charge on any atom is 0.333 e. The van der Waals surface area contributed by atoms with Crippen molar-refractivity contribution in [3.05, 3.63) is 49.6 Å². The number of amides is 1. The van der Waals surface area contributed by atoms with E-state index < -0.39 is 92.8 Å². The molecule has 0 aromatic heterocycles. The van der Waals surface area contributed by atoms with E-state index in [1.165, 1.54) is 27.7 Å². The van der Waals surface area contributed by atoms with Crippen molar-refractivity contribution in [2.75, 3.05) is 42.8 Å². The zero-order chi connectivity index (χ0) is 40.6. The first-order valence-corrected chi connectivity index (χ1v) is 19.9. The standard InChI is InChI=1S/C7H13NO4S.C7H12O5S.2C6H10O5S/c1-4-6(9)8-7(2,3)5-13(10,11)12;1-6(2)7(8)12-4-3-5-13(9,10)11;1-5(2)6(7)11-3-4-12(8,9)10;1-2-6(7)11-4-3-5-12(8,9)10/h4H,1,5H2,2-3H3,(H,8,9)(H,10,11,12);1,3-5H2,2H3,(H,9,10,11);1,3-4H2,2H3,(H,8,9,10);2H,1,3-5H2,(H,8,9,10). The molecule has 0 heterocycles. The predicted molar refractivity (Wildman–Crippen MR) is 180 cm³/mol. The largest absolute Gasteiger partial charge is 0.463 e. The summed E-state index contributed by atoms with van der Waals surface area (Å²) in [4.78, 5) is 42.6. The van der Waals surface area contributed by atoms with Crippen LogP contribution < -0.4 is 5.32 Å². The number of ether oxygens (including phenoxy) is 3. The van der Waals surface area contributed by atoms with Gasteiger partial charge >= 0.3 is 17.9 Å². The third-order valence-electron chi connectivity index (χ3n) is 4.20. The molecule has 292 valence electrons. The van der Waals surface area contributed by atoms with Gasteiger partial charge in [0.25, 0.3) is 40.5 Å². The van der Waals surface area contributed by atoms with Gasteiger partial charge in [0.15, 0.2) is 0 Å². The van der Waals surface area contributed by atoms with Crippen LogP contribution in [0, 0.1) is 0 Å². The Labute approximate surface area is 292 Å². The molecule has 0 radical (unpaired) electrons. The maximum absolute atomic E-state index is 10.8. The Morgan fingerprint density at radius 2 is 0.980 bits per heavy atom. The van der Waals surface area contributed by atoms with Gasteiger partial charge in [-0.3, -0.25) is 23.0 Å². The molecule has 5 N–H and O–H groups in total. The number of rotatable bonds is 18. The fraction of sp³-hybridized carbons (Fsp3) is 0.538. The van der Waals surface area contributed by atoms with Crippen LogP contribution in [0.5, 0.6) is 0 Å². The molecule has 0 spiro atoms. The molecule has 0 bridgehead atoms. The van der Waals surface area contributed by atoms with Gasteiger partial charge in [-0.15, -0.1) is 0 Å². The topological polar surface area (TPSA) is 325 Å². The number of hydrogen-bond acceptors (Lipinski definition) is 15. The van der Waals surface area contributed by atoms with Crippen LogP contribution in [0.3, 0.4) is 0 Å². The average molecular weight is 804 g/mol. The van der Waals surface area contributed by atoms with E-state index in [1.807, 2.05) is 0 Å². The van der Waals surface area contributed by atoms with Crippen molar-refractivity contribution in [2.45, 2.75) is 46.1 Å². The minimum Gasteiger partial charge on any atom is -0.463 e. The van der Waals surface area contributed by atoms with E-state index in [2.05, 4.69) is 45.8 Å². The highest BCUT2D eigenvalue weighted by atomic mass is 32.2. The molecule has 20 nitrogen and oxygen atoms in total. The molecule has 0 aromatic carbocycles. The highest BCUT2D eigenvalue weighted by Crippen LogP contribution is 2.05. The van der Waals surface area contributed by atoms with E-state index >= 15 is 0 Å². The summed E-state index contributed by atoms with van der Waals surface area (Å²) in [6, 6.07) is 0. The van der Waals surface area contributed by atoms with Crippen LogP contribution in [0.15, 0.2) is 49.6 Å². The smallest absolute Gasteiger partial charge is 0.333 e. The number of hydrogen-bond donors (Lipinski definition) is 5. The van der Waals surface area contributed by atoms with Crippen molar-refractivity contribution < 1.29 is 85.3 Å². The Morgan fingerprint density at radius 1 is 0.620 bits per heavy atom. The minimum absolute atomic E-state index is 0.0362. The van der Waals surface area contributed by atoms with Gasteiger partial charge in [0.1, 0.15) is 12.4 Å². The van der Waals surface area contributed by atoms with Crippen LogP contribution in [0.1, 0.15) is 40.5 Å². The van der Waals surface area contributed by atoms with E-state index in [0.29, 0.717) is 0 Å². The van der Waals surface area contributed by atoms with Crippen LogP contribution in [0.25, 0.3) is 0 Å². The molecule has 1 amide bonds. The van der Waals surface area contributed by atoms with E-state index in [9.17, 15) is 52.8 Å². The lowest BCUT2D eigenvalue weighted by Gasteiger charge is -2.23. The van der Waals surface area contributed by atoms with Crippen molar-refractivity contribution in [2.24, 2.45) is 0 Å². The molecule has 0 aliphatic rings. The summed E-state index contributed by atoms with van der Waals surface area (Å²) in [5.41, 5.74) is -0.559. The van der Waals surface area contributed by atoms with Crippen molar-refractivity contribution in [1.29, 1.82) is 0 Å². The van der Waals surface area contributed by atoms with Crippen molar-refractivity contribution in [3.8, 4) is 0 Å². The molecular weight excluding hydrogens is 759 g/mol. The van der Waals surface area contributed by atoms with Crippen molar-refractivity contribution >= 4 is 64.3 Å². The lowest BCUT2D eigenvalue weighted by molar-refractivity contribution is -0.139. The number of carbonyl (C=O) groups excluding carboxylic acids is 4. The normalized spacial score (nSPS) is 11.2. The summed E-state index contributed by atoms with van der Waals surface area (Å²) in [6.45, 7) is 18.5. The van der Waals surface area contributed by atoms with Crippen molar-refractivity contribution in [3.63, 3.8) is 0 Å². The van der Waals surface area contributed by atoms with Gasteiger partial charge in [-0.05, 0) is 46.6 Å². The summed E-state index contributed by atoms with van der Waals surface area (Å²) in [5.74, 6) is -4.24. The molecule has 50 heavy (non-hydrogen) atoms. The van der Waals surface area contributed by atoms with Gasteiger partial charge in [0, 0.05) is 17.2 Å². The van der Waals surface area contributed by atoms with Crippen molar-refractivity contribution in [1.82, 2.24) is 5.32 Å². The average Bonchev–Trinajstić information content (AvgIpc) is 2.90. The third-order valence-corrected chi connectivity index (χ3v) is 7.58. The lowest BCUT2D eigenvalue weighted by atomic mass is 10.1. The van der Waals surface area contributed by atoms with Gasteiger partial charge in [0.2, 0.25) is 5.91 Å². The van der Waals surface area contributed by atoms with Gasteiger partial charge in [-0.25, -0.2) is 14.4 Å². The highest BCUT2D eigenvalue weighted by Gasteiger charge is 2.25. The molecular formula is C26H45NO19S4. The summed E-state index contributed by atoms with van der Waals surface area (Å²) >= 11 is 0. The molecule has 0 aromatic rings. The summed E-state index contributed by atoms with van der Waals surface area (Å²) in [6.07, 6.45) is 2.18. The zero-order valence-corrected chi connectivity index (χ0v) is 31.2. The maximum atomic E-state index is 10.8. The second kappa shape index (κ2) is 25.4. The monoisotopic (exact) mass is 803 g/mol. The number of carbonyl (C=O) groups is 4. The molecule has 0 rings (SSSR count). The van der Waals surface area contributed by atoms with E-state index in [-0.39, 0.29) is 43.8 Å². The molecule has 0 atom stereocenters. The first-order valence-electron chi connectivity index (χ1n) is 13.5. The summed E-state index contributed by atoms with van der Waals surface area (Å²) in [5, 5.41) is 2.37. The summed E-state index contributed by atoms with van der Waals surface area (Å²) in [7, 11) is -16.0. The van der Waals surface area contributed by atoms with Gasteiger partial charge in [-0.1, -0.05) is 26.3 Å². The first-order chi connectivity index (χ1) is 22.3. The van der Waals surface area contributed by atoms with Crippen LogP contribution in [0.4, 0.5) is 0 Å².